The molecule has 1 fully saturated rings. The number of likely N-dealkylation sites (tertiary alicyclic amines) is 1. The molecule has 2 heterocycles. The Balaban J connectivity index is 1.84. The number of hydrogen-bond donors (Lipinski definition) is 3. The van der Waals surface area contributed by atoms with Crippen LogP contribution in [0.4, 0.5) is 0 Å². The largest absolute Gasteiger partial charge is 0.382 e. The van der Waals surface area contributed by atoms with Crippen molar-refractivity contribution in [2.75, 3.05) is 6.54 Å². The third kappa shape index (κ3) is 4.12. The number of aromatic nitrogens is 1. The molecule has 2 aromatic rings. The molecule has 8 heteroatoms. The zero-order valence-corrected chi connectivity index (χ0v) is 16.1. The van der Waals surface area contributed by atoms with Gasteiger partial charge in [0.25, 0.3) is 5.91 Å². The minimum Gasteiger partial charge on any atom is -0.382 e. The topological polar surface area (TPSA) is 103 Å². The van der Waals surface area contributed by atoms with Crippen LogP contribution in [-0.4, -0.2) is 44.7 Å². The third-order valence-electron chi connectivity index (χ3n) is 5.08. The second kappa shape index (κ2) is 8.77. The molecule has 0 radical (unpaired) electrons. The number of hydrogen-bond acceptors (Lipinski definition) is 6. The first-order valence-electron chi connectivity index (χ1n) is 9.34. The van der Waals surface area contributed by atoms with Crippen molar-refractivity contribution in [3.8, 4) is 0 Å². The van der Waals surface area contributed by atoms with Gasteiger partial charge in [0.05, 0.1) is 22.2 Å². The lowest BCUT2D eigenvalue weighted by atomic mass is 9.93. The Morgan fingerprint density at radius 1 is 1.41 bits per heavy atom. The van der Waals surface area contributed by atoms with Gasteiger partial charge in [0, 0.05) is 6.54 Å². The van der Waals surface area contributed by atoms with Crippen LogP contribution in [0.5, 0.6) is 0 Å². The highest BCUT2D eigenvalue weighted by Crippen LogP contribution is 2.37. The fourth-order valence-corrected chi connectivity index (χ4v) is 4.74. The fraction of sp³-hybridized carbons (Fsp3) is 0.526. The number of carbonyl (C=O) groups is 2. The number of para-hydroxylation sites is 1. The molecule has 1 aromatic carbocycles. The Kier molecular flexibility index (Phi) is 6.41. The van der Waals surface area contributed by atoms with Gasteiger partial charge < -0.3 is 10.0 Å². The summed E-state index contributed by atoms with van der Waals surface area (Å²) in [7, 11) is 0. The quantitative estimate of drug-likeness (QED) is 0.497. The van der Waals surface area contributed by atoms with E-state index in [1.165, 1.54) is 5.48 Å². The predicted molar refractivity (Wildman–Crippen MR) is 102 cm³/mol. The molecule has 7 nitrogen and oxygen atoms in total. The molecule has 3 N–H and O–H groups in total. The van der Waals surface area contributed by atoms with E-state index in [2.05, 4.69) is 4.98 Å². The number of aliphatic hydroxyl groups excluding tert-OH is 1. The Bertz CT molecular complexity index is 776. The lowest BCUT2D eigenvalue weighted by Gasteiger charge is -2.29. The number of benzene rings is 1. The van der Waals surface area contributed by atoms with Crippen LogP contribution in [0, 0.1) is 5.92 Å². The van der Waals surface area contributed by atoms with Crippen LogP contribution in [0.15, 0.2) is 24.3 Å². The predicted octanol–water partition coefficient (Wildman–Crippen LogP) is 2.63. The molecule has 2 amide bonds. The number of aliphatic hydroxyl groups is 1. The maximum absolute atomic E-state index is 13.2. The molecule has 1 aliphatic rings. The van der Waals surface area contributed by atoms with E-state index in [-0.39, 0.29) is 11.9 Å². The molecule has 0 saturated carbocycles. The van der Waals surface area contributed by atoms with E-state index in [4.69, 9.17) is 5.21 Å². The van der Waals surface area contributed by atoms with E-state index in [1.807, 2.05) is 31.2 Å². The Labute approximate surface area is 162 Å². The molecule has 0 aliphatic carbocycles. The smallest absolute Gasteiger partial charge is 0.272 e. The number of nitrogens with one attached hydrogen (secondary N) is 1. The van der Waals surface area contributed by atoms with Gasteiger partial charge in [0.15, 0.2) is 0 Å². The van der Waals surface area contributed by atoms with Gasteiger partial charge in [-0.2, -0.15) is 0 Å². The van der Waals surface area contributed by atoms with Gasteiger partial charge in [-0.3, -0.25) is 14.8 Å². The summed E-state index contributed by atoms with van der Waals surface area (Å²) in [6, 6.07) is 7.73. The zero-order valence-electron chi connectivity index (χ0n) is 15.3. The number of unbranched alkanes of at least 4 members (excludes halogenated alkanes) is 1. The summed E-state index contributed by atoms with van der Waals surface area (Å²) in [6.07, 6.45) is 2.06. The first-order valence-corrected chi connectivity index (χ1v) is 10.2. The average Bonchev–Trinajstić information content (AvgIpc) is 3.33. The molecule has 3 atom stereocenters. The van der Waals surface area contributed by atoms with Crippen molar-refractivity contribution < 1.29 is 19.9 Å². The van der Waals surface area contributed by atoms with Crippen molar-refractivity contribution in [1.29, 1.82) is 0 Å². The first kappa shape index (κ1) is 19.7. The number of nitrogens with zero attached hydrogens (tertiary/aromatic N) is 2. The van der Waals surface area contributed by atoms with E-state index in [0.29, 0.717) is 19.4 Å². The van der Waals surface area contributed by atoms with E-state index in [9.17, 15) is 14.7 Å². The molecule has 1 saturated heterocycles. The SMILES string of the molecule is CCCC[C@@H](C(=O)N1CCC[C@H]1c1nc2ccccc2s1)[C@H](O)C(=O)NO. The van der Waals surface area contributed by atoms with Crippen molar-refractivity contribution >= 4 is 33.4 Å². The minimum absolute atomic E-state index is 0.136. The number of hydroxylamine groups is 1. The van der Waals surface area contributed by atoms with Crippen molar-refractivity contribution in [2.24, 2.45) is 5.92 Å². The maximum Gasteiger partial charge on any atom is 0.272 e. The van der Waals surface area contributed by atoms with Gasteiger partial charge in [-0.05, 0) is 31.4 Å². The van der Waals surface area contributed by atoms with E-state index in [1.54, 1.807) is 16.2 Å². The highest BCUT2D eigenvalue weighted by Gasteiger charge is 2.40. The summed E-state index contributed by atoms with van der Waals surface area (Å²) < 4.78 is 1.08. The molecule has 0 unspecified atom stereocenters. The standard InChI is InChI=1S/C19H25N3O4S/c1-2-3-7-12(16(23)17(24)21-26)19(25)22-11-6-9-14(22)18-20-13-8-4-5-10-15(13)27-18/h4-5,8,10,12,14,16,23,26H,2-3,6-7,9,11H2,1H3,(H,21,24)/t12-,14+,16+/m1/s1. The molecule has 0 bridgehead atoms. The van der Waals surface area contributed by atoms with Crippen LogP contribution in [0.1, 0.15) is 50.1 Å². The number of rotatable bonds is 7. The summed E-state index contributed by atoms with van der Waals surface area (Å²) in [5, 5.41) is 20.0. The van der Waals surface area contributed by atoms with Crippen LogP contribution in [0.3, 0.4) is 0 Å². The van der Waals surface area contributed by atoms with E-state index < -0.39 is 17.9 Å². The number of amides is 2. The summed E-state index contributed by atoms with van der Waals surface area (Å²) >= 11 is 1.58. The van der Waals surface area contributed by atoms with Crippen LogP contribution >= 0.6 is 11.3 Å². The molecular weight excluding hydrogens is 366 g/mol. The van der Waals surface area contributed by atoms with E-state index >= 15 is 0 Å². The van der Waals surface area contributed by atoms with Crippen molar-refractivity contribution in [3.05, 3.63) is 29.3 Å². The first-order chi connectivity index (χ1) is 13.1. The Morgan fingerprint density at radius 2 is 2.19 bits per heavy atom. The minimum atomic E-state index is -1.56. The molecule has 1 aliphatic heterocycles. The van der Waals surface area contributed by atoms with Crippen LogP contribution in [0.25, 0.3) is 10.2 Å². The molecule has 1 aromatic heterocycles. The highest BCUT2D eigenvalue weighted by atomic mass is 32.1. The van der Waals surface area contributed by atoms with Gasteiger partial charge in [0.2, 0.25) is 5.91 Å². The van der Waals surface area contributed by atoms with Gasteiger partial charge in [0.1, 0.15) is 11.1 Å². The Hall–Kier alpha value is -2.03. The molecule has 146 valence electrons. The van der Waals surface area contributed by atoms with E-state index in [0.717, 1.165) is 34.5 Å². The lowest BCUT2D eigenvalue weighted by Crippen LogP contribution is -2.46. The summed E-state index contributed by atoms with van der Waals surface area (Å²) in [5.74, 6) is -2.06. The number of thiazole rings is 1. The summed E-state index contributed by atoms with van der Waals surface area (Å²) in [5.41, 5.74) is 2.37. The van der Waals surface area contributed by atoms with Crippen molar-refractivity contribution in [3.63, 3.8) is 0 Å². The lowest BCUT2D eigenvalue weighted by molar-refractivity contribution is -0.151. The van der Waals surface area contributed by atoms with Crippen molar-refractivity contribution in [1.82, 2.24) is 15.4 Å². The summed E-state index contributed by atoms with van der Waals surface area (Å²) in [6.45, 7) is 2.56. The average molecular weight is 391 g/mol. The molecule has 27 heavy (non-hydrogen) atoms. The Morgan fingerprint density at radius 3 is 2.89 bits per heavy atom. The van der Waals surface area contributed by atoms with Gasteiger partial charge in [-0.1, -0.05) is 31.9 Å². The molecular formula is C19H25N3O4S. The zero-order chi connectivity index (χ0) is 19.4. The second-order valence-corrected chi connectivity index (χ2v) is 7.94. The normalized spacial score (nSPS) is 19.2. The number of carbonyl (C=O) groups excluding carboxylic acids is 2. The molecule has 0 spiro atoms. The number of fused-ring (bicyclic) bond motifs is 1. The molecule has 3 rings (SSSR count). The fourth-order valence-electron chi connectivity index (χ4n) is 3.62. The van der Waals surface area contributed by atoms with Gasteiger partial charge >= 0.3 is 0 Å². The maximum atomic E-state index is 13.2. The summed E-state index contributed by atoms with van der Waals surface area (Å²) in [4.78, 5) is 31.3. The highest BCUT2D eigenvalue weighted by molar-refractivity contribution is 7.18. The third-order valence-corrected chi connectivity index (χ3v) is 6.21. The van der Waals surface area contributed by atoms with Crippen LogP contribution in [-0.2, 0) is 9.59 Å². The monoisotopic (exact) mass is 391 g/mol. The van der Waals surface area contributed by atoms with Crippen molar-refractivity contribution in [2.45, 2.75) is 51.2 Å². The van der Waals surface area contributed by atoms with Gasteiger partial charge in [-0.25, -0.2) is 10.5 Å². The van der Waals surface area contributed by atoms with Crippen LogP contribution < -0.4 is 5.48 Å². The van der Waals surface area contributed by atoms with Crippen LogP contribution in [0.2, 0.25) is 0 Å². The van der Waals surface area contributed by atoms with Gasteiger partial charge in [-0.15, -0.1) is 11.3 Å². The second-order valence-electron chi connectivity index (χ2n) is 6.88.